The Morgan fingerprint density at radius 3 is 2.86 bits per heavy atom. The summed E-state index contributed by atoms with van der Waals surface area (Å²) in [6.45, 7) is 3.78. The molecule has 1 aliphatic rings. The number of benzene rings is 1. The van der Waals surface area contributed by atoms with E-state index in [1.54, 1.807) is 0 Å². The number of nitro groups is 1. The molecule has 0 unspecified atom stereocenters. The van der Waals surface area contributed by atoms with E-state index in [2.05, 4.69) is 20.4 Å². The first-order chi connectivity index (χ1) is 13.4. The van der Waals surface area contributed by atoms with Crippen LogP contribution in [0, 0.1) is 10.1 Å². The minimum absolute atomic E-state index is 0.0720. The summed E-state index contributed by atoms with van der Waals surface area (Å²) in [5.41, 5.74) is 0.0563. The Labute approximate surface area is 170 Å². The number of nitro benzene ring substituents is 1. The van der Waals surface area contributed by atoms with Crippen LogP contribution in [0.1, 0.15) is 5.82 Å². The SMILES string of the molecule is Cn1c(CN2CCOCC2)nnc1SCC(=O)Nc1cc([N+](=O)[O-])ccc1Cl. The van der Waals surface area contributed by atoms with Crippen LogP contribution in [0.3, 0.4) is 0 Å². The first kappa shape index (κ1) is 20.5. The quantitative estimate of drug-likeness (QED) is 0.405. The lowest BCUT2D eigenvalue weighted by Gasteiger charge is -2.25. The lowest BCUT2D eigenvalue weighted by atomic mass is 10.3. The smallest absolute Gasteiger partial charge is 0.271 e. The van der Waals surface area contributed by atoms with Crippen LogP contribution < -0.4 is 5.32 Å². The topological polar surface area (TPSA) is 115 Å². The predicted molar refractivity (Wildman–Crippen MR) is 105 cm³/mol. The molecule has 1 amide bonds. The third-order valence-electron chi connectivity index (χ3n) is 4.16. The number of aromatic nitrogens is 3. The molecule has 0 aliphatic carbocycles. The molecule has 10 nitrogen and oxygen atoms in total. The molecule has 150 valence electrons. The summed E-state index contributed by atoms with van der Waals surface area (Å²) in [6.07, 6.45) is 0. The van der Waals surface area contributed by atoms with Crippen molar-refractivity contribution in [1.29, 1.82) is 0 Å². The summed E-state index contributed by atoms with van der Waals surface area (Å²) in [7, 11) is 1.85. The van der Waals surface area contributed by atoms with E-state index in [4.69, 9.17) is 16.3 Å². The molecule has 1 aromatic heterocycles. The van der Waals surface area contributed by atoms with Crippen LogP contribution in [0.15, 0.2) is 23.4 Å². The van der Waals surface area contributed by atoms with E-state index in [1.807, 2.05) is 11.6 Å². The summed E-state index contributed by atoms with van der Waals surface area (Å²) in [5, 5.41) is 22.6. The molecule has 12 heteroatoms. The van der Waals surface area contributed by atoms with Crippen LogP contribution in [0.25, 0.3) is 0 Å². The van der Waals surface area contributed by atoms with Gasteiger partial charge in [0.05, 0.1) is 41.1 Å². The fraction of sp³-hybridized carbons (Fsp3) is 0.438. The number of nitrogens with one attached hydrogen (secondary N) is 1. The standard InChI is InChI=1S/C16H19ClN6O4S/c1-21-14(9-22-4-6-27-7-5-22)19-20-16(21)28-10-15(24)18-13-8-11(23(25)26)2-3-12(13)17/h2-3,8H,4-7,9-10H2,1H3,(H,18,24). The van der Waals surface area contributed by atoms with Gasteiger partial charge < -0.3 is 14.6 Å². The summed E-state index contributed by atoms with van der Waals surface area (Å²) in [5.74, 6) is 0.541. The molecule has 0 atom stereocenters. The molecule has 0 spiro atoms. The summed E-state index contributed by atoms with van der Waals surface area (Å²) in [6, 6.07) is 3.89. The van der Waals surface area contributed by atoms with Crippen molar-refractivity contribution in [1.82, 2.24) is 19.7 Å². The van der Waals surface area contributed by atoms with Crippen molar-refractivity contribution in [2.45, 2.75) is 11.7 Å². The number of nitrogens with zero attached hydrogens (tertiary/aromatic N) is 5. The lowest BCUT2D eigenvalue weighted by Crippen LogP contribution is -2.36. The Morgan fingerprint density at radius 2 is 2.14 bits per heavy atom. The summed E-state index contributed by atoms with van der Waals surface area (Å²) in [4.78, 5) is 24.8. The highest BCUT2D eigenvalue weighted by Gasteiger charge is 2.17. The third kappa shape index (κ3) is 5.19. The number of ether oxygens (including phenoxy) is 1. The number of anilines is 1. The second kappa shape index (κ2) is 9.32. The maximum absolute atomic E-state index is 12.2. The molecule has 0 bridgehead atoms. The second-order valence-corrected chi connectivity index (χ2v) is 7.45. The highest BCUT2D eigenvalue weighted by molar-refractivity contribution is 7.99. The number of halogens is 1. The molecule has 1 aliphatic heterocycles. The van der Waals surface area contributed by atoms with Crippen LogP contribution >= 0.6 is 23.4 Å². The molecule has 1 fully saturated rings. The number of carbonyl (C=O) groups excluding carboxylic acids is 1. The van der Waals surface area contributed by atoms with E-state index >= 15 is 0 Å². The van der Waals surface area contributed by atoms with Gasteiger partial charge in [-0.25, -0.2) is 0 Å². The van der Waals surface area contributed by atoms with Gasteiger partial charge in [-0.05, 0) is 6.07 Å². The van der Waals surface area contributed by atoms with Crippen molar-refractivity contribution in [2.75, 3.05) is 37.4 Å². The van der Waals surface area contributed by atoms with Gasteiger partial charge in [0.25, 0.3) is 5.69 Å². The average Bonchev–Trinajstić information content (AvgIpc) is 3.02. The van der Waals surface area contributed by atoms with E-state index < -0.39 is 4.92 Å². The molecule has 28 heavy (non-hydrogen) atoms. The second-order valence-electron chi connectivity index (χ2n) is 6.10. The maximum Gasteiger partial charge on any atom is 0.271 e. The molecular weight excluding hydrogens is 408 g/mol. The van der Waals surface area contributed by atoms with E-state index in [9.17, 15) is 14.9 Å². The van der Waals surface area contributed by atoms with Gasteiger partial charge in [-0.15, -0.1) is 10.2 Å². The van der Waals surface area contributed by atoms with Gasteiger partial charge in [-0.1, -0.05) is 23.4 Å². The van der Waals surface area contributed by atoms with Gasteiger partial charge in [0, 0.05) is 32.3 Å². The monoisotopic (exact) mass is 426 g/mol. The number of hydrogen-bond donors (Lipinski definition) is 1. The molecule has 3 rings (SSSR count). The molecular formula is C16H19ClN6O4S. The van der Waals surface area contributed by atoms with Crippen molar-refractivity contribution >= 4 is 40.6 Å². The van der Waals surface area contributed by atoms with Crippen LogP contribution in [0.5, 0.6) is 0 Å². The van der Waals surface area contributed by atoms with Crippen LogP contribution in [0.2, 0.25) is 5.02 Å². The van der Waals surface area contributed by atoms with E-state index in [1.165, 1.54) is 30.0 Å². The molecule has 2 heterocycles. The fourth-order valence-corrected chi connectivity index (χ4v) is 3.50. The van der Waals surface area contributed by atoms with Crippen molar-refractivity contribution < 1.29 is 14.5 Å². The molecule has 1 N–H and O–H groups in total. The number of carbonyl (C=O) groups is 1. The Bertz CT molecular complexity index is 871. The van der Waals surface area contributed by atoms with Crippen LogP contribution in [-0.4, -0.2) is 62.6 Å². The number of non-ortho nitro benzene ring substituents is 1. The summed E-state index contributed by atoms with van der Waals surface area (Å²) < 4.78 is 7.19. The Morgan fingerprint density at radius 1 is 1.39 bits per heavy atom. The van der Waals surface area contributed by atoms with Crippen molar-refractivity contribution in [2.24, 2.45) is 7.05 Å². The average molecular weight is 427 g/mol. The van der Waals surface area contributed by atoms with Gasteiger partial charge in [0.1, 0.15) is 5.82 Å². The Hall–Kier alpha value is -2.21. The number of morpholine rings is 1. The van der Waals surface area contributed by atoms with E-state index in [0.717, 1.165) is 18.9 Å². The van der Waals surface area contributed by atoms with Crippen molar-refractivity contribution in [3.05, 3.63) is 39.2 Å². The fourth-order valence-electron chi connectivity index (χ4n) is 2.61. The normalized spacial score (nSPS) is 14.8. The maximum atomic E-state index is 12.2. The van der Waals surface area contributed by atoms with Gasteiger partial charge in [-0.2, -0.15) is 0 Å². The first-order valence-electron chi connectivity index (χ1n) is 8.49. The largest absolute Gasteiger partial charge is 0.379 e. The van der Waals surface area contributed by atoms with Crippen molar-refractivity contribution in [3.63, 3.8) is 0 Å². The number of hydrogen-bond acceptors (Lipinski definition) is 8. The highest BCUT2D eigenvalue weighted by Crippen LogP contribution is 2.27. The number of rotatable bonds is 7. The number of amides is 1. The minimum Gasteiger partial charge on any atom is -0.379 e. The Kier molecular flexibility index (Phi) is 6.83. The van der Waals surface area contributed by atoms with Gasteiger partial charge in [0.15, 0.2) is 5.16 Å². The first-order valence-corrected chi connectivity index (χ1v) is 9.85. The minimum atomic E-state index is -0.545. The highest BCUT2D eigenvalue weighted by atomic mass is 35.5. The zero-order chi connectivity index (χ0) is 20.1. The van der Waals surface area contributed by atoms with E-state index in [0.29, 0.717) is 24.9 Å². The lowest BCUT2D eigenvalue weighted by molar-refractivity contribution is -0.384. The molecule has 2 aromatic rings. The predicted octanol–water partition coefficient (Wildman–Crippen LogP) is 1.94. The molecule has 0 saturated carbocycles. The zero-order valence-electron chi connectivity index (χ0n) is 15.1. The molecule has 1 saturated heterocycles. The third-order valence-corrected chi connectivity index (χ3v) is 5.51. The van der Waals surface area contributed by atoms with Crippen LogP contribution in [-0.2, 0) is 23.1 Å². The van der Waals surface area contributed by atoms with E-state index in [-0.39, 0.29) is 28.1 Å². The number of thioether (sulfide) groups is 1. The van der Waals surface area contributed by atoms with Crippen LogP contribution in [0.4, 0.5) is 11.4 Å². The Balaban J connectivity index is 1.56. The van der Waals surface area contributed by atoms with Crippen molar-refractivity contribution in [3.8, 4) is 0 Å². The summed E-state index contributed by atoms with van der Waals surface area (Å²) >= 11 is 7.23. The molecule has 1 aromatic carbocycles. The van der Waals surface area contributed by atoms with Gasteiger partial charge in [-0.3, -0.25) is 19.8 Å². The molecule has 0 radical (unpaired) electrons. The zero-order valence-corrected chi connectivity index (χ0v) is 16.7. The van der Waals surface area contributed by atoms with Gasteiger partial charge in [0.2, 0.25) is 5.91 Å². The van der Waals surface area contributed by atoms with Gasteiger partial charge >= 0.3 is 0 Å².